The Balaban J connectivity index is 2.88. The van der Waals surface area contributed by atoms with Crippen LogP contribution in [0.4, 0.5) is 0 Å². The highest BCUT2D eigenvalue weighted by Gasteiger charge is 1.94. The van der Waals surface area contributed by atoms with E-state index in [-0.39, 0.29) is 0 Å². The summed E-state index contributed by atoms with van der Waals surface area (Å²) >= 11 is 0. The Morgan fingerprint density at radius 3 is 1.16 bits per heavy atom. The fourth-order valence-electron chi connectivity index (χ4n) is 1.59. The Morgan fingerprint density at radius 2 is 0.789 bits per heavy atom. The Kier molecular flexibility index (Phi) is 20.8. The summed E-state index contributed by atoms with van der Waals surface area (Å²) in [5, 5.41) is 0. The highest BCUT2D eigenvalue weighted by Crippen LogP contribution is 2.27. The summed E-state index contributed by atoms with van der Waals surface area (Å²) in [6.07, 6.45) is 12.6. The summed E-state index contributed by atoms with van der Waals surface area (Å²) in [7, 11) is 8.32. The first-order valence-corrected chi connectivity index (χ1v) is 12.9. The second kappa shape index (κ2) is 19.4. The number of hydrogen-bond acceptors (Lipinski definition) is 4. The minimum absolute atomic E-state index is 1.34. The predicted octanol–water partition coefficient (Wildman–Crippen LogP) is 7.30. The fraction of sp³-hybridized carbons (Fsp3) is 1.00. The van der Waals surface area contributed by atoms with Crippen molar-refractivity contribution in [3.8, 4) is 0 Å². The Morgan fingerprint density at radius 1 is 0.421 bits per heavy atom. The van der Waals surface area contributed by atoms with Crippen LogP contribution in [0.2, 0.25) is 0 Å². The molecule has 0 atom stereocenters. The molecule has 4 heteroatoms. The number of hydrogen-bond donors (Lipinski definition) is 0. The molecule has 0 N–H and O–H groups in total. The summed E-state index contributed by atoms with van der Waals surface area (Å²) < 4.78 is 0. The van der Waals surface area contributed by atoms with Crippen LogP contribution in [0.15, 0.2) is 0 Å². The molecule has 0 aromatic carbocycles. The average Bonchev–Trinajstić information content (AvgIpc) is 2.43. The third-order valence-corrected chi connectivity index (χ3v) is 7.94. The second-order valence-corrected chi connectivity index (χ2v) is 10.2. The smallest absolute Gasteiger partial charge is 0.00450 e. The number of unbranched alkanes of at least 4 members (excludes halogenated alkanes) is 6. The first kappa shape index (κ1) is 20.4. The van der Waals surface area contributed by atoms with E-state index in [0.717, 1.165) is 0 Å². The highest BCUT2D eigenvalue weighted by molar-refractivity contribution is 8.77. The molecule has 0 fully saturated rings. The van der Waals surface area contributed by atoms with Crippen LogP contribution in [0.25, 0.3) is 0 Å². The van der Waals surface area contributed by atoms with Gasteiger partial charge in [-0.3, -0.25) is 0 Å². The molecule has 0 saturated carbocycles. The third-order valence-electron chi connectivity index (χ3n) is 2.78. The van der Waals surface area contributed by atoms with Crippen molar-refractivity contribution in [2.45, 2.75) is 71.6 Å². The molecule has 0 spiro atoms. The maximum absolute atomic E-state index is 2.28. The van der Waals surface area contributed by atoms with Crippen LogP contribution in [0.1, 0.15) is 71.6 Å². The van der Waals surface area contributed by atoms with Crippen LogP contribution >= 0.6 is 43.2 Å². The van der Waals surface area contributed by atoms with E-state index < -0.39 is 0 Å². The molecule has 0 amide bonds. The molecule has 0 aliphatic heterocycles. The van der Waals surface area contributed by atoms with Crippen molar-refractivity contribution >= 4 is 43.2 Å². The zero-order valence-corrected chi connectivity index (χ0v) is 16.1. The van der Waals surface area contributed by atoms with E-state index in [2.05, 4.69) is 57.0 Å². The molecule has 0 bridgehead atoms. The fourth-order valence-corrected chi connectivity index (χ4v) is 6.24. The number of rotatable bonds is 16. The van der Waals surface area contributed by atoms with Gasteiger partial charge in [0.2, 0.25) is 0 Å². The minimum Gasteiger partial charge on any atom is -0.0942 e. The van der Waals surface area contributed by atoms with Crippen molar-refractivity contribution in [2.24, 2.45) is 0 Å². The lowest BCUT2D eigenvalue weighted by molar-refractivity contribution is 0.707. The van der Waals surface area contributed by atoms with Crippen molar-refractivity contribution in [3.63, 3.8) is 0 Å². The first-order chi connectivity index (χ1) is 9.41. The van der Waals surface area contributed by atoms with Crippen molar-refractivity contribution in [1.82, 2.24) is 0 Å². The summed E-state index contributed by atoms with van der Waals surface area (Å²) in [6.45, 7) is 4.56. The quantitative estimate of drug-likeness (QED) is 0.213. The second-order valence-electron chi connectivity index (χ2n) is 4.76. The monoisotopic (exact) mass is 340 g/mol. The van der Waals surface area contributed by atoms with Crippen molar-refractivity contribution < 1.29 is 0 Å². The van der Waals surface area contributed by atoms with Crippen molar-refractivity contribution in [1.29, 1.82) is 0 Å². The van der Waals surface area contributed by atoms with E-state index in [1.54, 1.807) is 0 Å². The molecule has 0 heterocycles. The molecule has 0 saturated heterocycles. The van der Waals surface area contributed by atoms with E-state index >= 15 is 0 Å². The summed E-state index contributed by atoms with van der Waals surface area (Å²) in [4.78, 5) is 0. The van der Waals surface area contributed by atoms with Crippen LogP contribution in [0.5, 0.6) is 0 Å². The van der Waals surface area contributed by atoms with Gasteiger partial charge in [-0.2, -0.15) is 0 Å². The molecular formula is C15H32S4. The molecule has 19 heavy (non-hydrogen) atoms. The van der Waals surface area contributed by atoms with Gasteiger partial charge >= 0.3 is 0 Å². The Labute approximate surface area is 137 Å². The molecule has 0 aliphatic carbocycles. The molecule has 0 aliphatic rings. The molecule has 0 aromatic heterocycles. The van der Waals surface area contributed by atoms with E-state index in [1.165, 1.54) is 80.8 Å². The molecule has 0 nitrogen and oxygen atoms in total. The van der Waals surface area contributed by atoms with Crippen LogP contribution in [0.3, 0.4) is 0 Å². The molecule has 0 unspecified atom stereocenters. The van der Waals surface area contributed by atoms with Crippen LogP contribution in [-0.4, -0.2) is 23.0 Å². The van der Waals surface area contributed by atoms with E-state index in [4.69, 9.17) is 0 Å². The van der Waals surface area contributed by atoms with E-state index in [0.29, 0.717) is 0 Å². The van der Waals surface area contributed by atoms with Gasteiger partial charge in [0.05, 0.1) is 0 Å². The lowest BCUT2D eigenvalue weighted by atomic mass is 10.2. The largest absolute Gasteiger partial charge is 0.0942 e. The van der Waals surface area contributed by atoms with Gasteiger partial charge < -0.3 is 0 Å². The minimum atomic E-state index is 1.34. The standard InChI is InChI=1S/C15H32S4/c1-3-5-7-9-12-16-18-14-11-15-19-17-13-10-8-6-4-2/h3-15H2,1-2H3. The van der Waals surface area contributed by atoms with E-state index in [9.17, 15) is 0 Å². The Hall–Kier alpha value is 1.40. The summed E-state index contributed by atoms with van der Waals surface area (Å²) in [5.41, 5.74) is 0. The zero-order valence-electron chi connectivity index (χ0n) is 12.8. The topological polar surface area (TPSA) is 0 Å². The van der Waals surface area contributed by atoms with Gasteiger partial charge in [0.1, 0.15) is 0 Å². The maximum atomic E-state index is 2.28. The SMILES string of the molecule is CCCCCCSSCCCSSCCCCCC. The molecule has 0 radical (unpaired) electrons. The molecule has 0 rings (SSSR count). The van der Waals surface area contributed by atoms with Gasteiger partial charge in [0.25, 0.3) is 0 Å². The first-order valence-electron chi connectivity index (χ1n) is 7.90. The van der Waals surface area contributed by atoms with Gasteiger partial charge in [-0.1, -0.05) is 95.5 Å². The summed E-state index contributed by atoms with van der Waals surface area (Å²) in [5.74, 6) is 5.37. The van der Waals surface area contributed by atoms with Gasteiger partial charge in [-0.25, -0.2) is 0 Å². The van der Waals surface area contributed by atoms with Gasteiger partial charge in [-0.15, -0.1) is 0 Å². The van der Waals surface area contributed by atoms with Crippen molar-refractivity contribution in [2.75, 3.05) is 23.0 Å². The lowest BCUT2D eigenvalue weighted by Crippen LogP contribution is -1.83. The Bertz CT molecular complexity index is 137. The molecule has 0 aromatic rings. The molecular weight excluding hydrogens is 308 g/mol. The summed E-state index contributed by atoms with van der Waals surface area (Å²) in [6, 6.07) is 0. The zero-order chi connectivity index (χ0) is 14.0. The molecule has 116 valence electrons. The van der Waals surface area contributed by atoms with Gasteiger partial charge in [0.15, 0.2) is 0 Å². The van der Waals surface area contributed by atoms with Crippen LogP contribution < -0.4 is 0 Å². The predicted molar refractivity (Wildman–Crippen MR) is 103 cm³/mol. The third kappa shape index (κ3) is 19.4. The average molecular weight is 341 g/mol. The van der Waals surface area contributed by atoms with Gasteiger partial charge in [-0.05, 0) is 19.3 Å². The van der Waals surface area contributed by atoms with Gasteiger partial charge in [0, 0.05) is 23.0 Å². The van der Waals surface area contributed by atoms with Crippen molar-refractivity contribution in [3.05, 3.63) is 0 Å². The van der Waals surface area contributed by atoms with Crippen LogP contribution in [0, 0.1) is 0 Å². The maximum Gasteiger partial charge on any atom is 0.00450 e. The van der Waals surface area contributed by atoms with E-state index in [1.807, 2.05) is 0 Å². The normalized spacial score (nSPS) is 11.1. The highest BCUT2D eigenvalue weighted by atomic mass is 33.1. The van der Waals surface area contributed by atoms with Crippen LogP contribution in [-0.2, 0) is 0 Å². The lowest BCUT2D eigenvalue weighted by Gasteiger charge is -2.02.